The van der Waals surface area contributed by atoms with Crippen LogP contribution in [0.2, 0.25) is 0 Å². The van der Waals surface area contributed by atoms with Crippen molar-refractivity contribution >= 4 is 6.21 Å². The summed E-state index contributed by atoms with van der Waals surface area (Å²) in [5, 5.41) is 3.72. The van der Waals surface area contributed by atoms with Crippen molar-refractivity contribution in [1.82, 2.24) is 5.43 Å². The molecule has 0 bridgehead atoms. The lowest BCUT2D eigenvalue weighted by molar-refractivity contribution is 0.886. The van der Waals surface area contributed by atoms with E-state index in [1.54, 1.807) is 7.05 Å². The van der Waals surface area contributed by atoms with Gasteiger partial charge in [-0.25, -0.2) is 0 Å². The highest BCUT2D eigenvalue weighted by atomic mass is 15.3. The molecule has 1 N–H and O–H groups in total. The first-order valence-corrected chi connectivity index (χ1v) is 4.01. The van der Waals surface area contributed by atoms with Gasteiger partial charge in [0, 0.05) is 13.3 Å². The van der Waals surface area contributed by atoms with Crippen LogP contribution in [0, 0.1) is 0 Å². The largest absolute Gasteiger partial charge is 0.313 e. The van der Waals surface area contributed by atoms with Gasteiger partial charge in [0.05, 0.1) is 0 Å². The molecular weight excluding hydrogens is 124 g/mol. The molecule has 0 aromatic heterocycles. The van der Waals surface area contributed by atoms with Gasteiger partial charge in [0.1, 0.15) is 0 Å². The van der Waals surface area contributed by atoms with E-state index < -0.39 is 0 Å². The molecule has 0 aromatic rings. The molecule has 0 aliphatic rings. The standard InChI is InChI=1S/C4H10N2.C4H10/c1-3-4-6-5-2;1-3-4-2/h4-5H,3H2,1-2H3;3-4H2,1-2H3/b6-4-;. The molecule has 62 valence electrons. The summed E-state index contributed by atoms with van der Waals surface area (Å²) in [6, 6.07) is 0. The van der Waals surface area contributed by atoms with Gasteiger partial charge >= 0.3 is 0 Å². The van der Waals surface area contributed by atoms with Gasteiger partial charge in [0.2, 0.25) is 0 Å². The molecule has 0 saturated carbocycles. The minimum absolute atomic E-state index is 1.00. The van der Waals surface area contributed by atoms with Gasteiger partial charge in [-0.05, 0) is 6.42 Å². The van der Waals surface area contributed by atoms with Gasteiger partial charge in [-0.15, -0.1) is 0 Å². The van der Waals surface area contributed by atoms with E-state index >= 15 is 0 Å². The Kier molecular flexibility index (Phi) is 19.2. The molecule has 0 heterocycles. The Bertz CT molecular complexity index is 52.3. The Balaban J connectivity index is 0. The molecule has 0 atom stereocenters. The van der Waals surface area contributed by atoms with E-state index in [1.165, 1.54) is 12.8 Å². The summed E-state index contributed by atoms with van der Waals surface area (Å²) in [4.78, 5) is 0. The zero-order chi connectivity index (χ0) is 8.24. The smallest absolute Gasteiger partial charge is 0.0239 e. The molecular formula is C8H20N2. The van der Waals surface area contributed by atoms with Gasteiger partial charge < -0.3 is 5.43 Å². The zero-order valence-corrected chi connectivity index (χ0v) is 7.65. The number of nitrogens with one attached hydrogen (secondary N) is 1. The Labute approximate surface area is 64.7 Å². The minimum Gasteiger partial charge on any atom is -0.313 e. The maximum atomic E-state index is 3.72. The number of hydrogen-bond acceptors (Lipinski definition) is 2. The van der Waals surface area contributed by atoms with Crippen LogP contribution >= 0.6 is 0 Å². The normalized spacial score (nSPS) is 8.80. The van der Waals surface area contributed by atoms with Crippen LogP contribution in [-0.2, 0) is 0 Å². The molecule has 0 fully saturated rings. The predicted molar refractivity (Wildman–Crippen MR) is 48.4 cm³/mol. The maximum absolute atomic E-state index is 3.72. The third kappa shape index (κ3) is 26.0. The Morgan fingerprint density at radius 1 is 1.20 bits per heavy atom. The second-order valence-corrected chi connectivity index (χ2v) is 1.94. The van der Waals surface area contributed by atoms with Crippen molar-refractivity contribution in [2.45, 2.75) is 40.0 Å². The summed E-state index contributed by atoms with van der Waals surface area (Å²) in [5.41, 5.74) is 2.64. The van der Waals surface area contributed by atoms with E-state index in [0.717, 1.165) is 6.42 Å². The summed E-state index contributed by atoms with van der Waals surface area (Å²) in [6.07, 6.45) is 5.46. The highest BCUT2D eigenvalue weighted by molar-refractivity contribution is 5.55. The van der Waals surface area contributed by atoms with Crippen LogP contribution < -0.4 is 5.43 Å². The lowest BCUT2D eigenvalue weighted by Gasteiger charge is -1.79. The van der Waals surface area contributed by atoms with Gasteiger partial charge in [0.15, 0.2) is 0 Å². The number of rotatable bonds is 3. The highest BCUT2D eigenvalue weighted by Crippen LogP contribution is 1.76. The number of nitrogens with zero attached hydrogens (tertiary/aromatic N) is 1. The summed E-state index contributed by atoms with van der Waals surface area (Å²) >= 11 is 0. The molecule has 2 nitrogen and oxygen atoms in total. The first kappa shape index (κ1) is 12.2. The average molecular weight is 144 g/mol. The SMILES string of the molecule is CC/C=N\NC.CCCC. The van der Waals surface area contributed by atoms with Gasteiger partial charge in [0.25, 0.3) is 0 Å². The quantitative estimate of drug-likeness (QED) is 0.477. The van der Waals surface area contributed by atoms with Gasteiger partial charge in [-0.3, -0.25) is 0 Å². The van der Waals surface area contributed by atoms with Crippen molar-refractivity contribution in [3.8, 4) is 0 Å². The van der Waals surface area contributed by atoms with Crippen LogP contribution in [0.4, 0.5) is 0 Å². The third-order valence-corrected chi connectivity index (χ3v) is 0.903. The lowest BCUT2D eigenvalue weighted by atomic mass is 10.4. The van der Waals surface area contributed by atoms with Crippen LogP contribution in [0.1, 0.15) is 40.0 Å². The molecule has 0 amide bonds. The van der Waals surface area contributed by atoms with Crippen LogP contribution in [0.15, 0.2) is 5.10 Å². The fourth-order valence-electron chi connectivity index (χ4n) is 0.183. The molecule has 0 aliphatic heterocycles. The monoisotopic (exact) mass is 144 g/mol. The van der Waals surface area contributed by atoms with E-state index in [2.05, 4.69) is 24.4 Å². The Hall–Kier alpha value is -0.530. The van der Waals surface area contributed by atoms with Crippen LogP contribution in [0.3, 0.4) is 0 Å². The van der Waals surface area contributed by atoms with E-state index in [0.29, 0.717) is 0 Å². The summed E-state index contributed by atoms with van der Waals surface area (Å²) in [5.74, 6) is 0. The van der Waals surface area contributed by atoms with Crippen LogP contribution in [-0.4, -0.2) is 13.3 Å². The molecule has 0 radical (unpaired) electrons. The lowest BCUT2D eigenvalue weighted by Crippen LogP contribution is -1.92. The summed E-state index contributed by atoms with van der Waals surface area (Å²) in [6.45, 7) is 6.40. The van der Waals surface area contributed by atoms with Gasteiger partial charge in [-0.1, -0.05) is 33.6 Å². The Morgan fingerprint density at radius 2 is 1.70 bits per heavy atom. The van der Waals surface area contributed by atoms with Crippen LogP contribution in [0.5, 0.6) is 0 Å². The average Bonchev–Trinajstić information content (AvgIpc) is 2.01. The van der Waals surface area contributed by atoms with Crippen molar-refractivity contribution in [3.63, 3.8) is 0 Å². The summed E-state index contributed by atoms with van der Waals surface area (Å²) in [7, 11) is 1.78. The molecule has 0 aromatic carbocycles. The van der Waals surface area contributed by atoms with Crippen molar-refractivity contribution in [2.24, 2.45) is 5.10 Å². The Morgan fingerprint density at radius 3 is 1.80 bits per heavy atom. The van der Waals surface area contributed by atoms with E-state index in [1.807, 2.05) is 13.1 Å². The maximum Gasteiger partial charge on any atom is 0.0239 e. The summed E-state index contributed by atoms with van der Waals surface area (Å²) < 4.78 is 0. The molecule has 0 unspecified atom stereocenters. The van der Waals surface area contributed by atoms with Crippen LogP contribution in [0.25, 0.3) is 0 Å². The second-order valence-electron chi connectivity index (χ2n) is 1.94. The van der Waals surface area contributed by atoms with Crippen molar-refractivity contribution in [3.05, 3.63) is 0 Å². The van der Waals surface area contributed by atoms with Crippen molar-refractivity contribution < 1.29 is 0 Å². The molecule has 2 heteroatoms. The number of unbranched alkanes of at least 4 members (excludes halogenated alkanes) is 1. The molecule has 0 aliphatic carbocycles. The zero-order valence-electron chi connectivity index (χ0n) is 7.65. The third-order valence-electron chi connectivity index (χ3n) is 0.903. The van der Waals surface area contributed by atoms with Crippen molar-refractivity contribution in [2.75, 3.05) is 7.05 Å². The van der Waals surface area contributed by atoms with E-state index in [-0.39, 0.29) is 0 Å². The first-order valence-electron chi connectivity index (χ1n) is 4.01. The van der Waals surface area contributed by atoms with E-state index in [4.69, 9.17) is 0 Å². The second kappa shape index (κ2) is 15.8. The molecule has 10 heavy (non-hydrogen) atoms. The highest BCUT2D eigenvalue weighted by Gasteiger charge is 1.57. The predicted octanol–water partition coefficient (Wildman–Crippen LogP) is 2.41. The number of hydrazone groups is 1. The molecule has 0 rings (SSSR count). The molecule has 0 saturated heterocycles. The molecule has 0 spiro atoms. The fourth-order valence-corrected chi connectivity index (χ4v) is 0.183. The van der Waals surface area contributed by atoms with E-state index in [9.17, 15) is 0 Å². The first-order chi connectivity index (χ1) is 4.83. The fraction of sp³-hybridized carbons (Fsp3) is 0.875. The minimum atomic E-state index is 1.00. The number of hydrogen-bond donors (Lipinski definition) is 1. The van der Waals surface area contributed by atoms with Gasteiger partial charge in [-0.2, -0.15) is 5.10 Å². The topological polar surface area (TPSA) is 24.4 Å². The van der Waals surface area contributed by atoms with Crippen molar-refractivity contribution in [1.29, 1.82) is 0 Å².